The van der Waals surface area contributed by atoms with Gasteiger partial charge in [-0.15, -0.1) is 0 Å². The molecule has 29 heavy (non-hydrogen) atoms. The van der Waals surface area contributed by atoms with Crippen molar-refractivity contribution in [2.45, 2.75) is 30.0 Å². The first-order valence-electron chi connectivity index (χ1n) is 8.74. The number of halogens is 2. The van der Waals surface area contributed by atoms with Crippen LogP contribution in [0.5, 0.6) is 0 Å². The molecule has 8 nitrogen and oxygen atoms in total. The molecule has 2 heterocycles. The van der Waals surface area contributed by atoms with E-state index in [9.17, 15) is 24.8 Å². The molecule has 2 aromatic carbocycles. The van der Waals surface area contributed by atoms with Gasteiger partial charge in [0.25, 0.3) is 0 Å². The fourth-order valence-electron chi connectivity index (χ4n) is 4.49. The van der Waals surface area contributed by atoms with E-state index in [0.29, 0.717) is 26.9 Å². The summed E-state index contributed by atoms with van der Waals surface area (Å²) >= 11 is 12.2. The van der Waals surface area contributed by atoms with Crippen LogP contribution in [-0.2, 0) is 15.1 Å². The Balaban J connectivity index is 1.97. The van der Waals surface area contributed by atoms with Crippen molar-refractivity contribution in [3.63, 3.8) is 0 Å². The minimum absolute atomic E-state index is 0.358. The fraction of sp³-hybridized carbons (Fsp3) is 0.263. The summed E-state index contributed by atoms with van der Waals surface area (Å²) in [6.07, 6.45) is -0.513. The van der Waals surface area contributed by atoms with E-state index < -0.39 is 46.8 Å². The van der Waals surface area contributed by atoms with E-state index in [2.05, 4.69) is 10.6 Å². The maximum absolute atomic E-state index is 13.2. The van der Waals surface area contributed by atoms with Crippen LogP contribution >= 0.6 is 23.2 Å². The van der Waals surface area contributed by atoms with Gasteiger partial charge in [-0.1, -0.05) is 41.4 Å². The number of anilines is 1. The van der Waals surface area contributed by atoms with Crippen molar-refractivity contribution in [3.8, 4) is 0 Å². The third kappa shape index (κ3) is 3.04. The van der Waals surface area contributed by atoms with Crippen LogP contribution < -0.4 is 10.6 Å². The van der Waals surface area contributed by atoms with Crippen LogP contribution in [0.4, 0.5) is 5.69 Å². The molecule has 2 aromatic rings. The topological polar surface area (TPSA) is 122 Å². The lowest BCUT2D eigenvalue weighted by atomic mass is 9.74. The van der Waals surface area contributed by atoms with Crippen molar-refractivity contribution < 1.29 is 19.6 Å². The third-order valence-electron chi connectivity index (χ3n) is 5.49. The van der Waals surface area contributed by atoms with Crippen LogP contribution in [0.15, 0.2) is 42.5 Å². The lowest BCUT2D eigenvalue weighted by Gasteiger charge is -2.29. The highest BCUT2D eigenvalue weighted by Crippen LogP contribution is 2.53. The molecule has 1 fully saturated rings. The Morgan fingerprint density at radius 3 is 2.59 bits per heavy atom. The number of hydrogen-bond acceptors (Lipinski definition) is 5. The van der Waals surface area contributed by atoms with Gasteiger partial charge in [-0.25, -0.2) is 0 Å². The van der Waals surface area contributed by atoms with Gasteiger partial charge in [-0.2, -0.15) is 0 Å². The molecule has 10 heteroatoms. The number of amides is 1. The Hall–Kier alpha value is -2.68. The largest absolute Gasteiger partial charge is 0.481 e. The molecule has 0 aliphatic carbocycles. The highest BCUT2D eigenvalue weighted by Gasteiger charge is 2.66. The van der Waals surface area contributed by atoms with Crippen molar-refractivity contribution in [3.05, 3.63) is 73.8 Å². The number of carbonyl (C=O) groups excluding carboxylic acids is 1. The number of carboxylic acid groups (broad SMARTS) is 1. The average Bonchev–Trinajstić information content (AvgIpc) is 3.10. The Bertz CT molecular complexity index is 1050. The van der Waals surface area contributed by atoms with Crippen LogP contribution in [0.2, 0.25) is 10.0 Å². The van der Waals surface area contributed by atoms with E-state index in [4.69, 9.17) is 23.2 Å². The number of fused-ring (bicyclic) bond motifs is 2. The summed E-state index contributed by atoms with van der Waals surface area (Å²) in [7, 11) is 0. The minimum Gasteiger partial charge on any atom is -0.481 e. The molecule has 0 unspecified atom stereocenters. The molecule has 0 bridgehead atoms. The van der Waals surface area contributed by atoms with Gasteiger partial charge in [-0.3, -0.25) is 25.0 Å². The summed E-state index contributed by atoms with van der Waals surface area (Å²) in [5.74, 6) is -2.69. The highest BCUT2D eigenvalue weighted by atomic mass is 35.5. The fourth-order valence-corrected chi connectivity index (χ4v) is 4.86. The number of nitrogens with one attached hydrogen (secondary N) is 2. The van der Waals surface area contributed by atoms with E-state index >= 15 is 0 Å². The number of aliphatic carboxylic acids is 1. The quantitative estimate of drug-likeness (QED) is 0.501. The molecule has 3 N–H and O–H groups in total. The first kappa shape index (κ1) is 19.6. The number of carboxylic acids is 1. The van der Waals surface area contributed by atoms with E-state index in [-0.39, 0.29) is 0 Å². The first-order chi connectivity index (χ1) is 13.7. The number of rotatable bonds is 4. The van der Waals surface area contributed by atoms with Crippen LogP contribution in [0, 0.1) is 10.1 Å². The van der Waals surface area contributed by atoms with Gasteiger partial charge in [0.05, 0.1) is 18.4 Å². The molecule has 4 rings (SSSR count). The SMILES string of the molecule is O=C(O)C[C@@H]1N[C@@]2(C(=O)Nc3cc(Cl)ccc32)[C@@H](c2cccc(Cl)c2)[C@@H]1[N+](=O)[O-]. The summed E-state index contributed by atoms with van der Waals surface area (Å²) in [5, 5.41) is 27.8. The molecule has 150 valence electrons. The number of nitro groups is 1. The first-order valence-corrected chi connectivity index (χ1v) is 9.49. The summed E-state index contributed by atoms with van der Waals surface area (Å²) < 4.78 is 0. The maximum Gasteiger partial charge on any atom is 0.305 e. The molecular weight excluding hydrogens is 421 g/mol. The standard InChI is InChI=1S/C19H15Cl2N3O5/c20-10-3-1-2-9(6-10)16-17(24(28)29)14(8-15(25)26)23-19(16)12-5-4-11(21)7-13(12)22-18(19)27/h1-7,14,16-17,23H,8H2,(H,22,27)(H,25,26)/t14-,16-,17+,19+/m0/s1. The zero-order chi connectivity index (χ0) is 20.9. The summed E-state index contributed by atoms with van der Waals surface area (Å²) in [5.41, 5.74) is -0.142. The highest BCUT2D eigenvalue weighted by molar-refractivity contribution is 6.31. The molecule has 2 aliphatic heterocycles. The Labute approximate surface area is 175 Å². The van der Waals surface area contributed by atoms with Gasteiger partial charge in [-0.05, 0) is 29.8 Å². The van der Waals surface area contributed by atoms with Crippen molar-refractivity contribution >= 4 is 40.8 Å². The normalized spacial score (nSPS) is 27.7. The van der Waals surface area contributed by atoms with E-state index in [1.165, 1.54) is 0 Å². The average molecular weight is 436 g/mol. The van der Waals surface area contributed by atoms with Crippen LogP contribution in [-0.4, -0.2) is 34.0 Å². The molecule has 1 amide bonds. The van der Waals surface area contributed by atoms with Crippen LogP contribution in [0.3, 0.4) is 0 Å². The Morgan fingerprint density at radius 2 is 1.93 bits per heavy atom. The van der Waals surface area contributed by atoms with Crippen molar-refractivity contribution in [1.82, 2.24) is 5.32 Å². The number of carbonyl (C=O) groups is 2. The monoisotopic (exact) mass is 435 g/mol. The van der Waals surface area contributed by atoms with Gasteiger partial charge >= 0.3 is 5.97 Å². The van der Waals surface area contributed by atoms with Gasteiger partial charge in [0, 0.05) is 26.2 Å². The molecule has 4 atom stereocenters. The van der Waals surface area contributed by atoms with Crippen molar-refractivity contribution in [2.24, 2.45) is 0 Å². The summed E-state index contributed by atoms with van der Waals surface area (Å²) in [6, 6.07) is 8.82. The summed E-state index contributed by atoms with van der Waals surface area (Å²) in [6.45, 7) is 0. The third-order valence-corrected chi connectivity index (χ3v) is 5.96. The van der Waals surface area contributed by atoms with Gasteiger partial charge in [0.15, 0.2) is 0 Å². The van der Waals surface area contributed by atoms with E-state index in [1.54, 1.807) is 42.5 Å². The van der Waals surface area contributed by atoms with Crippen molar-refractivity contribution in [1.29, 1.82) is 0 Å². The number of benzene rings is 2. The van der Waals surface area contributed by atoms with Crippen LogP contribution in [0.1, 0.15) is 23.5 Å². The number of hydrogen-bond donors (Lipinski definition) is 3. The van der Waals surface area contributed by atoms with Gasteiger partial charge in [0.2, 0.25) is 11.9 Å². The minimum atomic E-state index is -1.53. The second-order valence-corrected chi connectivity index (χ2v) is 7.98. The lowest BCUT2D eigenvalue weighted by Crippen LogP contribution is -2.49. The second-order valence-electron chi connectivity index (χ2n) is 7.11. The molecule has 1 spiro atoms. The second kappa shape index (κ2) is 6.98. The van der Waals surface area contributed by atoms with Gasteiger partial charge in [0.1, 0.15) is 5.54 Å². The number of nitrogens with zero attached hydrogens (tertiary/aromatic N) is 1. The zero-order valence-corrected chi connectivity index (χ0v) is 16.3. The summed E-state index contributed by atoms with van der Waals surface area (Å²) in [4.78, 5) is 36.1. The lowest BCUT2D eigenvalue weighted by molar-refractivity contribution is -0.526. The predicted molar refractivity (Wildman–Crippen MR) is 106 cm³/mol. The Kier molecular flexibility index (Phi) is 4.72. The Morgan fingerprint density at radius 1 is 1.21 bits per heavy atom. The molecule has 0 saturated carbocycles. The van der Waals surface area contributed by atoms with Crippen LogP contribution in [0.25, 0.3) is 0 Å². The van der Waals surface area contributed by atoms with Crippen molar-refractivity contribution in [2.75, 3.05) is 5.32 Å². The van der Waals surface area contributed by atoms with Gasteiger partial charge < -0.3 is 10.4 Å². The van der Waals surface area contributed by atoms with E-state index in [0.717, 1.165) is 0 Å². The maximum atomic E-state index is 13.2. The molecule has 1 saturated heterocycles. The molecular formula is C19H15Cl2N3O5. The zero-order valence-electron chi connectivity index (χ0n) is 14.8. The molecule has 2 aliphatic rings. The molecule has 0 radical (unpaired) electrons. The van der Waals surface area contributed by atoms with E-state index in [1.807, 2.05) is 0 Å². The smallest absolute Gasteiger partial charge is 0.305 e. The predicted octanol–water partition coefficient (Wildman–Crippen LogP) is 3.02. The molecule has 0 aromatic heterocycles.